The summed E-state index contributed by atoms with van der Waals surface area (Å²) in [4.78, 5) is 25.1. The number of nitrogens with zero attached hydrogens (tertiary/aromatic N) is 3. The lowest BCUT2D eigenvalue weighted by molar-refractivity contribution is -0.116. The van der Waals surface area contributed by atoms with Crippen molar-refractivity contribution < 1.29 is 14.3 Å². The van der Waals surface area contributed by atoms with Crippen molar-refractivity contribution in [2.24, 2.45) is 10.2 Å². The van der Waals surface area contributed by atoms with Crippen LogP contribution in [-0.4, -0.2) is 35.7 Å². The number of hydrogen-bond acceptors (Lipinski definition) is 5. The molecule has 1 N–H and O–H groups in total. The minimum absolute atomic E-state index is 0.0757. The SMILES string of the molecule is C#CCCC1(CCC(=O)Nc2ccc(CN3CCOC3=O)cc2)N=N1. The molecule has 0 radical (unpaired) electrons. The maximum atomic E-state index is 12.1. The van der Waals surface area contributed by atoms with E-state index in [0.29, 0.717) is 45.4 Å². The number of hydrogen-bond donors (Lipinski definition) is 1. The molecule has 0 aliphatic carbocycles. The highest BCUT2D eigenvalue weighted by atomic mass is 16.6. The van der Waals surface area contributed by atoms with E-state index in [1.807, 2.05) is 24.3 Å². The number of nitrogens with one attached hydrogen (secondary N) is 1. The second kappa shape index (κ2) is 7.34. The minimum atomic E-state index is -0.433. The van der Waals surface area contributed by atoms with Crippen LogP contribution in [0.5, 0.6) is 0 Å². The maximum absolute atomic E-state index is 12.1. The Morgan fingerprint density at radius 1 is 1.32 bits per heavy atom. The normalized spacial score (nSPS) is 17.1. The Kier molecular flexibility index (Phi) is 4.98. The standard InChI is InChI=1S/C18H20N4O3/c1-2-3-9-18(20-21-18)10-8-16(23)19-15-6-4-14(5-7-15)13-22-11-12-25-17(22)24/h1,4-7H,3,8-13H2,(H,19,23). The highest BCUT2D eigenvalue weighted by molar-refractivity contribution is 5.90. The summed E-state index contributed by atoms with van der Waals surface area (Å²) in [5.74, 6) is 2.50. The Hall–Kier alpha value is -2.88. The van der Waals surface area contributed by atoms with Gasteiger partial charge in [-0.15, -0.1) is 12.3 Å². The quantitative estimate of drug-likeness (QED) is 0.739. The summed E-state index contributed by atoms with van der Waals surface area (Å²) in [6.07, 6.45) is 7.20. The molecule has 1 aromatic rings. The summed E-state index contributed by atoms with van der Waals surface area (Å²) in [6, 6.07) is 7.44. The van der Waals surface area contributed by atoms with Gasteiger partial charge in [0.2, 0.25) is 5.91 Å². The zero-order chi connectivity index (χ0) is 17.7. The first kappa shape index (κ1) is 17.0. The zero-order valence-corrected chi connectivity index (χ0v) is 13.9. The summed E-state index contributed by atoms with van der Waals surface area (Å²) in [5, 5.41) is 10.9. The van der Waals surface area contributed by atoms with Crippen LogP contribution in [0.15, 0.2) is 34.5 Å². The van der Waals surface area contributed by atoms with Gasteiger partial charge in [0.25, 0.3) is 0 Å². The summed E-state index contributed by atoms with van der Waals surface area (Å²) >= 11 is 0. The second-order valence-corrected chi connectivity index (χ2v) is 6.17. The topological polar surface area (TPSA) is 83.4 Å². The van der Waals surface area contributed by atoms with Gasteiger partial charge in [-0.05, 0) is 17.7 Å². The molecule has 1 saturated heterocycles. The van der Waals surface area contributed by atoms with E-state index in [2.05, 4.69) is 21.5 Å². The third-order valence-corrected chi connectivity index (χ3v) is 4.26. The lowest BCUT2D eigenvalue weighted by Crippen LogP contribution is -2.23. The van der Waals surface area contributed by atoms with Crippen molar-refractivity contribution in [2.75, 3.05) is 18.5 Å². The lowest BCUT2D eigenvalue weighted by Gasteiger charge is -2.13. The van der Waals surface area contributed by atoms with Crippen LogP contribution in [0.2, 0.25) is 0 Å². The summed E-state index contributed by atoms with van der Waals surface area (Å²) < 4.78 is 4.90. The van der Waals surface area contributed by atoms with Crippen molar-refractivity contribution in [1.82, 2.24) is 4.90 Å². The van der Waals surface area contributed by atoms with E-state index in [0.717, 1.165) is 11.3 Å². The van der Waals surface area contributed by atoms with Gasteiger partial charge in [0.1, 0.15) is 6.61 Å². The van der Waals surface area contributed by atoms with Crippen LogP contribution in [-0.2, 0) is 16.1 Å². The minimum Gasteiger partial charge on any atom is -0.448 e. The maximum Gasteiger partial charge on any atom is 0.410 e. The van der Waals surface area contributed by atoms with E-state index in [4.69, 9.17) is 11.2 Å². The fourth-order valence-corrected chi connectivity index (χ4v) is 2.69. The van der Waals surface area contributed by atoms with Gasteiger partial charge in [-0.2, -0.15) is 10.2 Å². The van der Waals surface area contributed by atoms with Crippen molar-refractivity contribution >= 4 is 17.7 Å². The third-order valence-electron chi connectivity index (χ3n) is 4.26. The first-order chi connectivity index (χ1) is 12.1. The van der Waals surface area contributed by atoms with E-state index < -0.39 is 5.66 Å². The molecule has 3 rings (SSSR count). The number of benzene rings is 1. The predicted molar refractivity (Wildman–Crippen MR) is 91.7 cm³/mol. The molecule has 25 heavy (non-hydrogen) atoms. The number of rotatable bonds is 8. The van der Waals surface area contributed by atoms with E-state index >= 15 is 0 Å². The van der Waals surface area contributed by atoms with Crippen molar-refractivity contribution in [3.8, 4) is 12.3 Å². The zero-order valence-electron chi connectivity index (χ0n) is 13.9. The van der Waals surface area contributed by atoms with E-state index in [9.17, 15) is 9.59 Å². The summed E-state index contributed by atoms with van der Waals surface area (Å²) in [5.41, 5.74) is 1.28. The molecular weight excluding hydrogens is 320 g/mol. The van der Waals surface area contributed by atoms with Gasteiger partial charge < -0.3 is 15.0 Å². The molecule has 130 valence electrons. The molecule has 0 aromatic heterocycles. The Balaban J connectivity index is 1.44. The molecule has 2 heterocycles. The third kappa shape index (κ3) is 4.57. The average molecular weight is 340 g/mol. The van der Waals surface area contributed by atoms with E-state index in [-0.39, 0.29) is 12.0 Å². The molecule has 0 atom stereocenters. The lowest BCUT2D eigenvalue weighted by atomic mass is 10.0. The average Bonchev–Trinajstić information content (AvgIpc) is 3.28. The van der Waals surface area contributed by atoms with Gasteiger partial charge in [-0.1, -0.05) is 12.1 Å². The summed E-state index contributed by atoms with van der Waals surface area (Å²) in [6.45, 7) is 1.55. The summed E-state index contributed by atoms with van der Waals surface area (Å²) in [7, 11) is 0. The molecule has 0 bridgehead atoms. The largest absolute Gasteiger partial charge is 0.448 e. The van der Waals surface area contributed by atoms with E-state index in [1.54, 1.807) is 4.90 Å². The number of terminal acetylenes is 1. The number of anilines is 1. The number of amides is 2. The fourth-order valence-electron chi connectivity index (χ4n) is 2.69. The molecule has 2 aliphatic heterocycles. The van der Waals surface area contributed by atoms with Crippen LogP contribution in [0.4, 0.5) is 10.5 Å². The van der Waals surface area contributed by atoms with Crippen LogP contribution in [0.3, 0.4) is 0 Å². The van der Waals surface area contributed by atoms with Gasteiger partial charge in [0.15, 0.2) is 5.66 Å². The van der Waals surface area contributed by atoms with E-state index in [1.165, 1.54) is 0 Å². The predicted octanol–water partition coefficient (Wildman–Crippen LogP) is 2.93. The van der Waals surface area contributed by atoms with Crippen molar-refractivity contribution in [3.63, 3.8) is 0 Å². The Morgan fingerprint density at radius 2 is 2.08 bits per heavy atom. The highest BCUT2D eigenvalue weighted by Gasteiger charge is 2.39. The first-order valence-corrected chi connectivity index (χ1v) is 8.28. The second-order valence-electron chi connectivity index (χ2n) is 6.17. The van der Waals surface area contributed by atoms with Crippen LogP contribution in [0.1, 0.15) is 31.2 Å². The molecular formula is C18H20N4O3. The van der Waals surface area contributed by atoms with Gasteiger partial charge in [0.05, 0.1) is 6.54 Å². The molecule has 2 aliphatic rings. The molecule has 2 amide bonds. The molecule has 0 spiro atoms. The van der Waals surface area contributed by atoms with Crippen LogP contribution >= 0.6 is 0 Å². The smallest absolute Gasteiger partial charge is 0.410 e. The van der Waals surface area contributed by atoms with Crippen molar-refractivity contribution in [2.45, 2.75) is 37.9 Å². The Labute approximate surface area is 146 Å². The number of carbonyl (C=O) groups excluding carboxylic acids is 2. The van der Waals surface area contributed by atoms with Crippen LogP contribution < -0.4 is 5.32 Å². The highest BCUT2D eigenvalue weighted by Crippen LogP contribution is 2.37. The van der Waals surface area contributed by atoms with Crippen LogP contribution in [0.25, 0.3) is 0 Å². The molecule has 1 aromatic carbocycles. The molecule has 0 unspecified atom stereocenters. The number of carbonyl (C=O) groups is 2. The van der Waals surface area contributed by atoms with Gasteiger partial charge in [-0.25, -0.2) is 4.79 Å². The van der Waals surface area contributed by atoms with Gasteiger partial charge in [-0.3, -0.25) is 4.79 Å². The van der Waals surface area contributed by atoms with Gasteiger partial charge in [0, 0.05) is 37.9 Å². The van der Waals surface area contributed by atoms with Crippen LogP contribution in [0, 0.1) is 12.3 Å². The van der Waals surface area contributed by atoms with Crippen molar-refractivity contribution in [1.29, 1.82) is 0 Å². The molecule has 7 nitrogen and oxygen atoms in total. The fraction of sp³-hybridized carbons (Fsp3) is 0.444. The van der Waals surface area contributed by atoms with Crippen molar-refractivity contribution in [3.05, 3.63) is 29.8 Å². The number of cyclic esters (lactones) is 1. The molecule has 0 saturated carbocycles. The first-order valence-electron chi connectivity index (χ1n) is 8.28. The van der Waals surface area contributed by atoms with Gasteiger partial charge >= 0.3 is 6.09 Å². The number of ether oxygens (including phenoxy) is 1. The molecule has 1 fully saturated rings. The molecule has 7 heteroatoms. The Bertz CT molecular complexity index is 715. The Morgan fingerprint density at radius 3 is 2.68 bits per heavy atom. The monoisotopic (exact) mass is 340 g/mol.